The number of carboxylic acids is 1. The number of hydrogen-bond donors (Lipinski definition) is 3. The molecule has 0 saturated carbocycles. The minimum atomic E-state index is -1.56. The number of benzene rings is 1. The zero-order valence-corrected chi connectivity index (χ0v) is 15.5. The van der Waals surface area contributed by atoms with Crippen LogP contribution in [-0.2, 0) is 25.5 Å². The Morgan fingerprint density at radius 3 is 2.62 bits per heavy atom. The Morgan fingerprint density at radius 2 is 2.04 bits per heavy atom. The summed E-state index contributed by atoms with van der Waals surface area (Å²) < 4.78 is 4.68. The summed E-state index contributed by atoms with van der Waals surface area (Å²) in [6.07, 6.45) is -0.00575. The Bertz CT molecular complexity index is 783. The lowest BCUT2D eigenvalue weighted by molar-refractivity contribution is -0.201. The van der Waals surface area contributed by atoms with Gasteiger partial charge in [-0.15, -0.1) is 11.8 Å². The number of nitrogens with zero attached hydrogens (tertiary/aromatic N) is 1. The largest absolute Gasteiger partial charge is 0.480 e. The molecule has 26 heavy (non-hydrogen) atoms. The second-order valence-electron chi connectivity index (χ2n) is 6.89. The SMILES string of the molecule is CO[C@@]1(NC(=O)Cc2ccccc2N)C(=O)N2[C@@H](C(=O)O)C(C)(C)S[C@@H]21. The summed E-state index contributed by atoms with van der Waals surface area (Å²) in [7, 11) is 1.33. The molecule has 3 rings (SSSR count). The summed E-state index contributed by atoms with van der Waals surface area (Å²) in [5.41, 5.74) is 5.42. The Morgan fingerprint density at radius 1 is 1.38 bits per heavy atom. The summed E-state index contributed by atoms with van der Waals surface area (Å²) in [5.74, 6) is -2.05. The number of carbonyl (C=O) groups is 3. The van der Waals surface area contributed by atoms with Crippen molar-refractivity contribution < 1.29 is 24.2 Å². The first-order chi connectivity index (χ1) is 12.1. The fourth-order valence-corrected chi connectivity index (χ4v) is 5.17. The molecule has 1 aromatic carbocycles. The number of fused-ring (bicyclic) bond motifs is 1. The number of nitrogens with one attached hydrogen (secondary N) is 1. The van der Waals surface area contributed by atoms with Crippen LogP contribution < -0.4 is 11.1 Å². The van der Waals surface area contributed by atoms with Crippen LogP contribution in [0.4, 0.5) is 5.69 Å². The van der Waals surface area contributed by atoms with E-state index in [1.54, 1.807) is 38.1 Å². The van der Waals surface area contributed by atoms with Crippen molar-refractivity contribution in [2.45, 2.75) is 42.2 Å². The van der Waals surface area contributed by atoms with E-state index in [-0.39, 0.29) is 6.42 Å². The van der Waals surface area contributed by atoms with Crippen molar-refractivity contribution in [2.75, 3.05) is 12.8 Å². The van der Waals surface area contributed by atoms with E-state index in [2.05, 4.69) is 5.32 Å². The van der Waals surface area contributed by atoms with Crippen molar-refractivity contribution in [2.24, 2.45) is 0 Å². The number of rotatable bonds is 5. The number of anilines is 1. The van der Waals surface area contributed by atoms with Crippen molar-refractivity contribution in [3.05, 3.63) is 29.8 Å². The predicted octanol–water partition coefficient (Wildman–Crippen LogP) is 0.417. The van der Waals surface area contributed by atoms with Crippen LogP contribution in [0.5, 0.6) is 0 Å². The molecule has 2 fully saturated rings. The number of ether oxygens (including phenoxy) is 1. The number of aliphatic carboxylic acids is 1. The highest BCUT2D eigenvalue weighted by Gasteiger charge is 2.73. The number of amides is 2. The first-order valence-electron chi connectivity index (χ1n) is 8.07. The van der Waals surface area contributed by atoms with Gasteiger partial charge in [-0.2, -0.15) is 0 Å². The zero-order valence-electron chi connectivity index (χ0n) is 14.7. The molecule has 0 radical (unpaired) electrons. The molecule has 3 atom stereocenters. The molecule has 0 unspecified atom stereocenters. The van der Waals surface area contributed by atoms with E-state index in [0.717, 1.165) is 0 Å². The molecule has 4 N–H and O–H groups in total. The molecule has 8 nitrogen and oxygen atoms in total. The standard InChI is InChI=1S/C17H21N3O5S/c1-16(2)12(13(22)23)20-14(24)17(25-3,15(20)26-16)19-11(21)8-9-6-4-5-7-10(9)18/h4-7,12,15H,8,18H2,1-3H3,(H,19,21)(H,22,23)/t12-,15+,17-/m0/s1. The molecular weight excluding hydrogens is 358 g/mol. The average Bonchev–Trinajstić information content (AvgIpc) is 2.84. The number of nitrogens with two attached hydrogens (primary N) is 1. The highest BCUT2D eigenvalue weighted by molar-refractivity contribution is 8.01. The molecular formula is C17H21N3O5S. The minimum absolute atomic E-state index is 0.00575. The summed E-state index contributed by atoms with van der Waals surface area (Å²) in [6, 6.07) is 5.99. The average molecular weight is 379 g/mol. The Kier molecular flexibility index (Phi) is 4.40. The number of carbonyl (C=O) groups excluding carboxylic acids is 2. The van der Waals surface area contributed by atoms with Gasteiger partial charge in [0, 0.05) is 17.5 Å². The van der Waals surface area contributed by atoms with E-state index in [1.807, 2.05) is 0 Å². The van der Waals surface area contributed by atoms with Gasteiger partial charge in [0.2, 0.25) is 5.91 Å². The molecule has 9 heteroatoms. The normalized spacial score (nSPS) is 29.0. The molecule has 0 aliphatic carbocycles. The molecule has 0 bridgehead atoms. The Hall–Kier alpha value is -2.26. The van der Waals surface area contributed by atoms with Crippen LogP contribution in [0.2, 0.25) is 0 Å². The van der Waals surface area contributed by atoms with Gasteiger partial charge in [-0.1, -0.05) is 18.2 Å². The van der Waals surface area contributed by atoms with E-state index in [1.165, 1.54) is 23.8 Å². The topological polar surface area (TPSA) is 122 Å². The molecule has 2 aliphatic heterocycles. The number of para-hydroxylation sites is 1. The number of thioether (sulfide) groups is 1. The van der Waals surface area contributed by atoms with Crippen molar-refractivity contribution in [3.63, 3.8) is 0 Å². The van der Waals surface area contributed by atoms with Crippen LogP contribution in [0, 0.1) is 0 Å². The molecule has 2 aliphatic rings. The van der Waals surface area contributed by atoms with Gasteiger partial charge in [0.1, 0.15) is 11.4 Å². The summed E-state index contributed by atoms with van der Waals surface area (Å²) >= 11 is 1.30. The van der Waals surface area contributed by atoms with Crippen LogP contribution in [0.1, 0.15) is 19.4 Å². The second kappa shape index (κ2) is 6.17. The van der Waals surface area contributed by atoms with E-state index in [0.29, 0.717) is 11.3 Å². The lowest BCUT2D eigenvalue weighted by Gasteiger charge is -2.51. The van der Waals surface area contributed by atoms with E-state index >= 15 is 0 Å². The smallest absolute Gasteiger partial charge is 0.327 e. The third-order valence-electron chi connectivity index (χ3n) is 4.79. The third-order valence-corrected chi connectivity index (χ3v) is 6.40. The number of methoxy groups -OCH3 is 1. The van der Waals surface area contributed by atoms with E-state index in [4.69, 9.17) is 10.5 Å². The molecule has 2 saturated heterocycles. The first-order valence-corrected chi connectivity index (χ1v) is 8.95. The molecule has 0 spiro atoms. The minimum Gasteiger partial charge on any atom is -0.480 e. The van der Waals surface area contributed by atoms with Gasteiger partial charge in [-0.3, -0.25) is 9.59 Å². The predicted molar refractivity (Wildman–Crippen MR) is 96.2 cm³/mol. The van der Waals surface area contributed by atoms with Crippen molar-refractivity contribution in [1.29, 1.82) is 0 Å². The van der Waals surface area contributed by atoms with Crippen molar-refractivity contribution in [1.82, 2.24) is 10.2 Å². The fourth-order valence-electron chi connectivity index (χ4n) is 3.50. The Balaban J connectivity index is 1.81. The fraction of sp³-hybridized carbons (Fsp3) is 0.471. The van der Waals surface area contributed by atoms with Gasteiger partial charge in [-0.25, -0.2) is 4.79 Å². The number of carboxylic acid groups (broad SMARTS) is 1. The molecule has 140 valence electrons. The van der Waals surface area contributed by atoms with Gasteiger partial charge in [-0.05, 0) is 25.5 Å². The van der Waals surface area contributed by atoms with Gasteiger partial charge in [0.25, 0.3) is 11.6 Å². The maximum absolute atomic E-state index is 12.7. The maximum Gasteiger partial charge on any atom is 0.327 e. The van der Waals surface area contributed by atoms with Crippen LogP contribution in [0.3, 0.4) is 0 Å². The lowest BCUT2D eigenvalue weighted by Crippen LogP contribution is -2.80. The number of β-lactam (4-membered cyclic amide) rings is 1. The molecule has 1 aromatic rings. The monoisotopic (exact) mass is 379 g/mol. The highest BCUT2D eigenvalue weighted by atomic mass is 32.2. The van der Waals surface area contributed by atoms with Crippen molar-refractivity contribution >= 4 is 35.2 Å². The van der Waals surface area contributed by atoms with Crippen LogP contribution in [0.15, 0.2) is 24.3 Å². The summed E-state index contributed by atoms with van der Waals surface area (Å²) in [4.78, 5) is 38.1. The highest BCUT2D eigenvalue weighted by Crippen LogP contribution is 2.55. The zero-order chi connectivity index (χ0) is 19.3. The number of hydrogen-bond acceptors (Lipinski definition) is 6. The van der Waals surface area contributed by atoms with E-state index in [9.17, 15) is 19.5 Å². The van der Waals surface area contributed by atoms with Gasteiger partial charge in [0.05, 0.1) is 6.42 Å². The molecule has 2 amide bonds. The molecule has 2 heterocycles. The lowest BCUT2D eigenvalue weighted by atomic mass is 9.93. The van der Waals surface area contributed by atoms with Gasteiger partial charge < -0.3 is 25.8 Å². The maximum atomic E-state index is 12.7. The summed E-state index contributed by atoms with van der Waals surface area (Å²) in [5, 5.41) is 11.5. The summed E-state index contributed by atoms with van der Waals surface area (Å²) in [6.45, 7) is 3.52. The van der Waals surface area contributed by atoms with Crippen molar-refractivity contribution in [3.8, 4) is 0 Å². The number of nitrogen functional groups attached to an aromatic ring is 1. The van der Waals surface area contributed by atoms with Crippen LogP contribution in [-0.4, -0.2) is 56.8 Å². The van der Waals surface area contributed by atoms with Gasteiger partial charge >= 0.3 is 5.97 Å². The van der Waals surface area contributed by atoms with Gasteiger partial charge in [0.15, 0.2) is 0 Å². The van der Waals surface area contributed by atoms with Crippen LogP contribution >= 0.6 is 11.8 Å². The van der Waals surface area contributed by atoms with E-state index < -0.39 is 39.7 Å². The second-order valence-corrected chi connectivity index (χ2v) is 8.62. The Labute approximate surface area is 155 Å². The third kappa shape index (κ3) is 2.62. The first kappa shape index (κ1) is 18.5. The quantitative estimate of drug-likeness (QED) is 0.385. The molecule has 0 aromatic heterocycles. The van der Waals surface area contributed by atoms with Crippen LogP contribution in [0.25, 0.3) is 0 Å².